The molecule has 0 amide bonds. The van der Waals surface area contributed by atoms with Gasteiger partial charge in [-0.1, -0.05) is 31.8 Å². The zero-order chi connectivity index (χ0) is 11.0. The fourth-order valence-corrected chi connectivity index (χ4v) is 1.83. The summed E-state index contributed by atoms with van der Waals surface area (Å²) in [6.07, 6.45) is 9.38. The third kappa shape index (κ3) is 4.08. The summed E-state index contributed by atoms with van der Waals surface area (Å²) < 4.78 is 0.639. The number of unbranched alkanes of at least 4 members (excludes halogenated alkanes) is 4. The van der Waals surface area contributed by atoms with Gasteiger partial charge in [0.1, 0.15) is 13.1 Å². The molecule has 0 unspecified atom stereocenters. The summed E-state index contributed by atoms with van der Waals surface area (Å²) in [6, 6.07) is 0. The highest BCUT2D eigenvalue weighted by atomic mass is 15.8. The van der Waals surface area contributed by atoms with E-state index in [1.807, 2.05) is 6.34 Å². The maximum atomic E-state index is 4.25. The van der Waals surface area contributed by atoms with Gasteiger partial charge in [0.05, 0.1) is 5.22 Å². The smallest absolute Gasteiger partial charge is 0.134 e. The lowest BCUT2D eigenvalue weighted by Crippen LogP contribution is -2.41. The zero-order valence-electron chi connectivity index (χ0n) is 10.0. The van der Waals surface area contributed by atoms with Crippen molar-refractivity contribution < 1.29 is 4.59 Å². The van der Waals surface area contributed by atoms with Crippen molar-refractivity contribution in [2.45, 2.75) is 52.4 Å². The molecular weight excluding hydrogens is 188 g/mol. The van der Waals surface area contributed by atoms with Crippen LogP contribution >= 0.6 is 0 Å². The minimum atomic E-state index is 0.639. The second kappa shape index (κ2) is 6.67. The number of rotatable bonds is 8. The van der Waals surface area contributed by atoms with Crippen LogP contribution in [0.4, 0.5) is 0 Å². The lowest BCUT2D eigenvalue weighted by Gasteiger charge is -2.22. The van der Waals surface area contributed by atoms with E-state index in [1.54, 1.807) is 0 Å². The Labute approximate surface area is 92.6 Å². The molecule has 0 bridgehead atoms. The van der Waals surface area contributed by atoms with Gasteiger partial charge in [0.25, 0.3) is 0 Å². The van der Waals surface area contributed by atoms with Gasteiger partial charge in [-0.3, -0.25) is 0 Å². The van der Waals surface area contributed by atoms with Crippen molar-refractivity contribution in [2.24, 2.45) is 15.5 Å². The summed E-state index contributed by atoms with van der Waals surface area (Å²) in [5.74, 6) is 0. The highest BCUT2D eigenvalue weighted by Gasteiger charge is 2.28. The Morgan fingerprint density at radius 1 is 0.933 bits per heavy atom. The summed E-state index contributed by atoms with van der Waals surface area (Å²) in [5, 5.41) is 11.9. The van der Waals surface area contributed by atoms with E-state index < -0.39 is 0 Å². The van der Waals surface area contributed by atoms with Crippen LogP contribution in [-0.4, -0.2) is 24.0 Å². The first kappa shape index (κ1) is 12.3. The molecule has 0 aromatic heterocycles. The monoisotopic (exact) mass is 211 g/mol. The van der Waals surface area contributed by atoms with E-state index in [-0.39, 0.29) is 0 Å². The second-order valence-corrected chi connectivity index (χ2v) is 4.26. The Balaban J connectivity index is 2.34. The third-order valence-corrected chi connectivity index (χ3v) is 2.83. The van der Waals surface area contributed by atoms with Gasteiger partial charge in [0.2, 0.25) is 6.34 Å². The van der Waals surface area contributed by atoms with Crippen molar-refractivity contribution in [3.8, 4) is 0 Å². The quantitative estimate of drug-likeness (QED) is 0.435. The molecule has 0 N–H and O–H groups in total. The van der Waals surface area contributed by atoms with Gasteiger partial charge in [-0.25, -0.2) is 0 Å². The van der Waals surface area contributed by atoms with Crippen molar-refractivity contribution in [3.05, 3.63) is 0 Å². The number of nitrogens with zero attached hydrogens (tertiary/aromatic N) is 4. The molecule has 0 atom stereocenters. The minimum Gasteiger partial charge on any atom is -0.134 e. The van der Waals surface area contributed by atoms with E-state index in [9.17, 15) is 0 Å². The van der Waals surface area contributed by atoms with Gasteiger partial charge in [-0.2, -0.15) is 0 Å². The zero-order valence-corrected chi connectivity index (χ0v) is 10.0. The first-order valence-electron chi connectivity index (χ1n) is 6.16. The highest BCUT2D eigenvalue weighted by molar-refractivity contribution is 5.46. The van der Waals surface area contributed by atoms with Gasteiger partial charge in [-0.15, -0.1) is 4.59 Å². The van der Waals surface area contributed by atoms with Crippen LogP contribution < -0.4 is 0 Å². The van der Waals surface area contributed by atoms with Crippen LogP contribution in [0, 0.1) is 0 Å². The Bertz CT molecular complexity index is 199. The molecule has 15 heavy (non-hydrogen) atoms. The first-order valence-corrected chi connectivity index (χ1v) is 6.16. The van der Waals surface area contributed by atoms with Crippen molar-refractivity contribution in [2.75, 3.05) is 13.1 Å². The van der Waals surface area contributed by atoms with Gasteiger partial charge in [0.15, 0.2) is 0 Å². The molecule has 0 saturated heterocycles. The molecule has 0 fully saturated rings. The summed E-state index contributed by atoms with van der Waals surface area (Å²) in [7, 11) is 0. The fraction of sp³-hybridized carbons (Fsp3) is 0.909. The molecule has 0 spiro atoms. The maximum Gasteiger partial charge on any atom is 0.239 e. The molecule has 0 aromatic carbocycles. The molecule has 4 heteroatoms. The topological polar surface area (TPSA) is 37.1 Å². The predicted molar refractivity (Wildman–Crippen MR) is 62.4 cm³/mol. The van der Waals surface area contributed by atoms with Crippen LogP contribution in [0.1, 0.15) is 52.4 Å². The Hall–Kier alpha value is -0.770. The van der Waals surface area contributed by atoms with E-state index in [0.717, 1.165) is 13.1 Å². The van der Waals surface area contributed by atoms with Crippen molar-refractivity contribution >= 4 is 6.34 Å². The summed E-state index contributed by atoms with van der Waals surface area (Å²) in [4.78, 5) is 0. The number of hydrogen-bond acceptors (Lipinski definition) is 3. The van der Waals surface area contributed by atoms with Crippen LogP contribution in [0.5, 0.6) is 0 Å². The lowest BCUT2D eigenvalue weighted by atomic mass is 10.2. The van der Waals surface area contributed by atoms with Crippen molar-refractivity contribution in [3.63, 3.8) is 0 Å². The van der Waals surface area contributed by atoms with Crippen LogP contribution in [0.15, 0.2) is 15.5 Å². The fourth-order valence-electron chi connectivity index (χ4n) is 1.83. The van der Waals surface area contributed by atoms with E-state index in [2.05, 4.69) is 29.4 Å². The largest absolute Gasteiger partial charge is 0.239 e. The SMILES string of the molecule is CCCCC[N+]1(CCCCC)C=NN=N1. The first-order chi connectivity index (χ1) is 7.33. The Morgan fingerprint density at radius 2 is 1.53 bits per heavy atom. The van der Waals surface area contributed by atoms with E-state index >= 15 is 0 Å². The van der Waals surface area contributed by atoms with Crippen LogP contribution in [0.2, 0.25) is 0 Å². The molecule has 0 radical (unpaired) electrons. The summed E-state index contributed by atoms with van der Waals surface area (Å²) in [5.41, 5.74) is 0. The summed E-state index contributed by atoms with van der Waals surface area (Å²) >= 11 is 0. The minimum absolute atomic E-state index is 0.639. The van der Waals surface area contributed by atoms with Gasteiger partial charge >= 0.3 is 0 Å². The lowest BCUT2D eigenvalue weighted by molar-refractivity contribution is -0.844. The molecule has 1 aliphatic heterocycles. The highest BCUT2D eigenvalue weighted by Crippen LogP contribution is 2.16. The van der Waals surface area contributed by atoms with Gasteiger partial charge < -0.3 is 0 Å². The van der Waals surface area contributed by atoms with Crippen molar-refractivity contribution in [1.29, 1.82) is 0 Å². The Kier molecular flexibility index (Phi) is 5.47. The Morgan fingerprint density at radius 3 is 1.93 bits per heavy atom. The van der Waals surface area contributed by atoms with Crippen LogP contribution in [-0.2, 0) is 0 Å². The molecule has 1 aliphatic rings. The molecule has 0 aliphatic carbocycles. The normalized spacial score (nSPS) is 17.5. The van der Waals surface area contributed by atoms with Crippen molar-refractivity contribution in [1.82, 2.24) is 0 Å². The molecule has 4 nitrogen and oxygen atoms in total. The average molecular weight is 211 g/mol. The second-order valence-electron chi connectivity index (χ2n) is 4.26. The predicted octanol–water partition coefficient (Wildman–Crippen LogP) is 3.51. The molecule has 86 valence electrons. The maximum absolute atomic E-state index is 4.25. The molecule has 0 saturated carbocycles. The number of quaternary nitrogens is 1. The molecular formula is C11H23N4+. The van der Waals surface area contributed by atoms with Gasteiger partial charge in [-0.05, 0) is 25.7 Å². The molecule has 0 aromatic rings. The molecule has 1 heterocycles. The van der Waals surface area contributed by atoms with E-state index in [1.165, 1.54) is 38.5 Å². The summed E-state index contributed by atoms with van der Waals surface area (Å²) in [6.45, 7) is 6.57. The van der Waals surface area contributed by atoms with Crippen LogP contribution in [0.3, 0.4) is 0 Å². The van der Waals surface area contributed by atoms with Crippen LogP contribution in [0.25, 0.3) is 0 Å². The van der Waals surface area contributed by atoms with Gasteiger partial charge in [0, 0.05) is 5.22 Å². The third-order valence-electron chi connectivity index (χ3n) is 2.83. The van der Waals surface area contributed by atoms with E-state index in [0.29, 0.717) is 4.59 Å². The standard InChI is InChI=1S/C11H23N4/c1-3-5-7-9-15(10-8-6-4-2)11-12-13-14-15/h11H,3-10H2,1-2H3/q+1. The average Bonchev–Trinajstić information content (AvgIpc) is 2.68. The molecule has 1 rings (SSSR count). The van der Waals surface area contributed by atoms with E-state index in [4.69, 9.17) is 0 Å². The number of hydrogen-bond donors (Lipinski definition) is 0.